The Kier molecular flexibility index (Phi) is 4.92. The van der Waals surface area contributed by atoms with Gasteiger partial charge in [-0.2, -0.15) is 5.10 Å². The largest absolute Gasteiger partial charge is 0.480 e. The van der Waals surface area contributed by atoms with Gasteiger partial charge in [0.1, 0.15) is 11.7 Å². The van der Waals surface area contributed by atoms with Gasteiger partial charge in [-0.1, -0.05) is 30.3 Å². The number of hydrogen-bond donors (Lipinski definition) is 1. The van der Waals surface area contributed by atoms with E-state index in [1.165, 1.54) is 21.7 Å². The lowest BCUT2D eigenvalue weighted by Crippen LogP contribution is -2.48. The van der Waals surface area contributed by atoms with Crippen molar-refractivity contribution in [2.75, 3.05) is 6.54 Å². The van der Waals surface area contributed by atoms with E-state index in [0.29, 0.717) is 13.0 Å². The molecule has 1 aliphatic heterocycles. The quantitative estimate of drug-likeness (QED) is 0.907. The number of carboxylic acid groups (broad SMARTS) is 1. The number of carboxylic acids is 1. The highest BCUT2D eigenvalue weighted by Gasteiger charge is 2.33. The van der Waals surface area contributed by atoms with Crippen LogP contribution in [0.15, 0.2) is 47.3 Å². The summed E-state index contributed by atoms with van der Waals surface area (Å²) in [4.78, 5) is 37.5. The van der Waals surface area contributed by atoms with Gasteiger partial charge >= 0.3 is 5.97 Å². The number of hydrogen-bond acceptors (Lipinski definition) is 4. The summed E-state index contributed by atoms with van der Waals surface area (Å²) in [5.74, 6) is -1.46. The molecular formula is C18H19N3O4. The van der Waals surface area contributed by atoms with Crippen molar-refractivity contribution in [1.82, 2.24) is 14.7 Å². The first-order valence-corrected chi connectivity index (χ1v) is 8.22. The Morgan fingerprint density at radius 3 is 2.60 bits per heavy atom. The molecule has 130 valence electrons. The van der Waals surface area contributed by atoms with Crippen molar-refractivity contribution in [3.05, 3.63) is 64.1 Å². The van der Waals surface area contributed by atoms with Crippen LogP contribution in [0.4, 0.5) is 0 Å². The van der Waals surface area contributed by atoms with Crippen LogP contribution < -0.4 is 5.56 Å². The van der Waals surface area contributed by atoms with Gasteiger partial charge in [0, 0.05) is 12.6 Å². The van der Waals surface area contributed by atoms with Gasteiger partial charge in [0.05, 0.1) is 6.54 Å². The molecule has 1 aromatic carbocycles. The van der Waals surface area contributed by atoms with Crippen molar-refractivity contribution in [2.24, 2.45) is 0 Å². The number of carbonyl (C=O) groups is 2. The zero-order valence-electron chi connectivity index (χ0n) is 13.7. The van der Waals surface area contributed by atoms with Crippen LogP contribution in [0.2, 0.25) is 0 Å². The molecule has 0 spiro atoms. The minimum absolute atomic E-state index is 0.0867. The van der Waals surface area contributed by atoms with Crippen LogP contribution in [-0.2, 0) is 11.3 Å². The number of aromatic nitrogens is 2. The van der Waals surface area contributed by atoms with Crippen LogP contribution >= 0.6 is 0 Å². The van der Waals surface area contributed by atoms with Gasteiger partial charge in [0.15, 0.2) is 0 Å². The number of nitrogens with zero attached hydrogens (tertiary/aromatic N) is 3. The summed E-state index contributed by atoms with van der Waals surface area (Å²) in [5, 5.41) is 13.5. The van der Waals surface area contributed by atoms with Crippen LogP contribution in [0, 0.1) is 0 Å². The standard InChI is InChI=1S/C18H19N3O4/c22-16-10-9-14(19-21(16)12-13-6-2-1-3-7-13)17(23)20-11-5-4-8-15(20)18(24)25/h1-3,6-7,9-10,15H,4-5,8,11-12H2,(H,24,25). The Balaban J connectivity index is 1.87. The van der Waals surface area contributed by atoms with Crippen molar-refractivity contribution < 1.29 is 14.7 Å². The van der Waals surface area contributed by atoms with Crippen molar-refractivity contribution in [3.8, 4) is 0 Å². The summed E-state index contributed by atoms with van der Waals surface area (Å²) in [6.07, 6.45) is 1.98. The van der Waals surface area contributed by atoms with Gasteiger partial charge in [-0.3, -0.25) is 9.59 Å². The fourth-order valence-electron chi connectivity index (χ4n) is 3.01. The van der Waals surface area contributed by atoms with E-state index >= 15 is 0 Å². The van der Waals surface area contributed by atoms with Crippen molar-refractivity contribution in [1.29, 1.82) is 0 Å². The number of benzene rings is 1. The van der Waals surface area contributed by atoms with Gasteiger partial charge < -0.3 is 10.0 Å². The predicted molar refractivity (Wildman–Crippen MR) is 90.4 cm³/mol. The van der Waals surface area contributed by atoms with E-state index < -0.39 is 17.9 Å². The molecule has 1 aromatic heterocycles. The van der Waals surface area contributed by atoms with E-state index in [4.69, 9.17) is 0 Å². The Labute approximate surface area is 144 Å². The molecule has 1 amide bonds. The molecule has 1 saturated heterocycles. The fraction of sp³-hybridized carbons (Fsp3) is 0.333. The van der Waals surface area contributed by atoms with Crippen LogP contribution in [0.3, 0.4) is 0 Å². The molecule has 7 heteroatoms. The highest BCUT2D eigenvalue weighted by atomic mass is 16.4. The van der Waals surface area contributed by atoms with Gasteiger partial charge in [-0.05, 0) is 30.9 Å². The molecule has 25 heavy (non-hydrogen) atoms. The Hall–Kier alpha value is -2.96. The van der Waals surface area contributed by atoms with Gasteiger partial charge in [0.2, 0.25) is 0 Å². The summed E-state index contributed by atoms with van der Waals surface area (Å²) < 4.78 is 1.22. The first kappa shape index (κ1) is 16.9. The average Bonchev–Trinajstić information content (AvgIpc) is 2.64. The fourth-order valence-corrected chi connectivity index (χ4v) is 3.01. The second-order valence-corrected chi connectivity index (χ2v) is 6.05. The molecule has 7 nitrogen and oxygen atoms in total. The molecule has 0 radical (unpaired) electrons. The lowest BCUT2D eigenvalue weighted by Gasteiger charge is -2.32. The predicted octanol–water partition coefficient (Wildman–Crippen LogP) is 1.37. The van der Waals surface area contributed by atoms with Gasteiger partial charge in [-0.25, -0.2) is 9.48 Å². The van der Waals surface area contributed by atoms with E-state index in [1.54, 1.807) is 0 Å². The van der Waals surface area contributed by atoms with E-state index in [0.717, 1.165) is 18.4 Å². The molecule has 1 unspecified atom stereocenters. The normalized spacial score (nSPS) is 17.3. The highest BCUT2D eigenvalue weighted by molar-refractivity contribution is 5.95. The lowest BCUT2D eigenvalue weighted by atomic mass is 10.0. The maximum atomic E-state index is 12.7. The summed E-state index contributed by atoms with van der Waals surface area (Å²) in [6, 6.07) is 11.2. The minimum atomic E-state index is -1.01. The first-order valence-electron chi connectivity index (χ1n) is 8.22. The molecule has 3 rings (SSSR count). The highest BCUT2D eigenvalue weighted by Crippen LogP contribution is 2.19. The molecule has 0 aliphatic carbocycles. The van der Waals surface area contributed by atoms with E-state index in [2.05, 4.69) is 5.10 Å². The van der Waals surface area contributed by atoms with Gasteiger partial charge in [-0.15, -0.1) is 0 Å². The maximum Gasteiger partial charge on any atom is 0.326 e. The van der Waals surface area contributed by atoms with Crippen LogP contribution in [-0.4, -0.2) is 44.3 Å². The van der Waals surface area contributed by atoms with Crippen LogP contribution in [0.1, 0.15) is 35.3 Å². The number of rotatable bonds is 4. The topological polar surface area (TPSA) is 92.5 Å². The molecule has 1 fully saturated rings. The summed E-state index contributed by atoms with van der Waals surface area (Å²) in [5.41, 5.74) is 0.667. The van der Waals surface area contributed by atoms with Crippen LogP contribution in [0.25, 0.3) is 0 Å². The third-order valence-electron chi connectivity index (χ3n) is 4.31. The summed E-state index contributed by atoms with van der Waals surface area (Å²) >= 11 is 0. The average molecular weight is 341 g/mol. The zero-order chi connectivity index (χ0) is 17.8. The SMILES string of the molecule is O=C(O)C1CCCCN1C(=O)c1ccc(=O)n(Cc2ccccc2)n1. The monoisotopic (exact) mass is 341 g/mol. The molecule has 2 heterocycles. The molecule has 1 N–H and O–H groups in total. The smallest absolute Gasteiger partial charge is 0.326 e. The second kappa shape index (κ2) is 7.29. The first-order chi connectivity index (χ1) is 12.1. The molecule has 1 aliphatic rings. The number of piperidine rings is 1. The van der Waals surface area contributed by atoms with Crippen molar-refractivity contribution in [3.63, 3.8) is 0 Å². The lowest BCUT2D eigenvalue weighted by molar-refractivity contribution is -0.143. The number of carbonyl (C=O) groups excluding carboxylic acids is 1. The zero-order valence-corrected chi connectivity index (χ0v) is 13.7. The van der Waals surface area contributed by atoms with E-state index in [1.807, 2.05) is 30.3 Å². The van der Waals surface area contributed by atoms with Crippen molar-refractivity contribution in [2.45, 2.75) is 31.8 Å². The molecule has 2 aromatic rings. The minimum Gasteiger partial charge on any atom is -0.480 e. The summed E-state index contributed by atoms with van der Waals surface area (Å²) in [6.45, 7) is 0.637. The molecule has 1 atom stereocenters. The number of aliphatic carboxylic acids is 1. The maximum absolute atomic E-state index is 12.7. The van der Waals surface area contributed by atoms with E-state index in [9.17, 15) is 19.5 Å². The third kappa shape index (κ3) is 3.76. The van der Waals surface area contributed by atoms with Crippen molar-refractivity contribution >= 4 is 11.9 Å². The van der Waals surface area contributed by atoms with Gasteiger partial charge in [0.25, 0.3) is 11.5 Å². The Bertz CT molecular complexity index is 832. The number of amides is 1. The third-order valence-corrected chi connectivity index (χ3v) is 4.31. The molecular weight excluding hydrogens is 322 g/mol. The Morgan fingerprint density at radius 2 is 1.88 bits per heavy atom. The Morgan fingerprint density at radius 1 is 1.12 bits per heavy atom. The molecule has 0 saturated carbocycles. The number of likely N-dealkylation sites (tertiary alicyclic amines) is 1. The second-order valence-electron chi connectivity index (χ2n) is 6.05. The molecule has 0 bridgehead atoms. The van der Waals surface area contributed by atoms with Crippen LogP contribution in [0.5, 0.6) is 0 Å². The van der Waals surface area contributed by atoms with E-state index in [-0.39, 0.29) is 17.8 Å². The summed E-state index contributed by atoms with van der Waals surface area (Å²) in [7, 11) is 0.